The van der Waals surface area contributed by atoms with Crippen LogP contribution in [0.15, 0.2) is 29.3 Å². The molecule has 0 aromatic carbocycles. The van der Waals surface area contributed by atoms with E-state index in [4.69, 9.17) is 4.74 Å². The zero-order chi connectivity index (χ0) is 16.6. The maximum absolute atomic E-state index is 12.3. The lowest BCUT2D eigenvalue weighted by Crippen LogP contribution is -2.34. The summed E-state index contributed by atoms with van der Waals surface area (Å²) in [6.45, 7) is 2.00. The molecule has 0 fully saturated rings. The number of aromatic amines is 1. The Bertz CT molecular complexity index is 961. The number of nitrogens with zero attached hydrogens (tertiary/aromatic N) is 2. The molecule has 0 radical (unpaired) electrons. The fourth-order valence-corrected chi connectivity index (χ4v) is 3.45. The van der Waals surface area contributed by atoms with Crippen molar-refractivity contribution in [3.63, 3.8) is 0 Å². The van der Waals surface area contributed by atoms with Crippen LogP contribution < -0.4 is 10.1 Å². The average Bonchev–Trinajstić information content (AvgIpc) is 2.84. The molecule has 0 aliphatic carbocycles. The molecule has 0 aliphatic rings. The molecule has 0 spiro atoms. The summed E-state index contributed by atoms with van der Waals surface area (Å²) in [5.41, 5.74) is 0.275. The first-order valence-electron chi connectivity index (χ1n) is 6.78. The lowest BCUT2D eigenvalue weighted by molar-refractivity contribution is -0.689. The van der Waals surface area contributed by atoms with Gasteiger partial charge >= 0.3 is 5.97 Å². The number of rotatable bonds is 3. The number of carbonyl (C=O) groups excluding carboxylic acids is 1. The lowest BCUT2D eigenvalue weighted by Gasteiger charge is -1.98. The number of aryl methyl sites for hydroxylation is 1. The van der Waals surface area contributed by atoms with Crippen molar-refractivity contribution in [2.24, 2.45) is 0 Å². The second kappa shape index (κ2) is 5.81. The number of pyridine rings is 1. The molecule has 3 rings (SSSR count). The van der Waals surface area contributed by atoms with Gasteiger partial charge < -0.3 is 14.8 Å². The molecular formula is C15H14N3O4S+. The molecule has 2 N–H and O–H groups in total. The van der Waals surface area contributed by atoms with E-state index in [0.717, 1.165) is 11.3 Å². The van der Waals surface area contributed by atoms with Gasteiger partial charge in [0.1, 0.15) is 9.71 Å². The fourth-order valence-electron chi connectivity index (χ4n) is 2.33. The largest absolute Gasteiger partial charge is 0.503 e. The summed E-state index contributed by atoms with van der Waals surface area (Å²) in [7, 11) is 1.30. The van der Waals surface area contributed by atoms with Gasteiger partial charge in [0.2, 0.25) is 12.7 Å². The summed E-state index contributed by atoms with van der Waals surface area (Å²) >= 11 is 1.13. The smallest absolute Gasteiger partial charge is 0.348 e. The molecule has 0 aliphatic heterocycles. The first-order chi connectivity index (χ1) is 11.0. The Balaban J connectivity index is 2.07. The number of H-pyrrole nitrogens is 1. The molecule has 0 atom stereocenters. The Kier molecular flexibility index (Phi) is 3.83. The SMILES string of the molecule is COC(=O)c1sc2nc(C[n+]3cccc(O)c3)[nH]c(=O)c2c1C. The van der Waals surface area contributed by atoms with Crippen LogP contribution in [0.3, 0.4) is 0 Å². The van der Waals surface area contributed by atoms with Crippen molar-refractivity contribution in [3.05, 3.63) is 51.1 Å². The van der Waals surface area contributed by atoms with Crippen molar-refractivity contribution in [1.29, 1.82) is 0 Å². The van der Waals surface area contributed by atoms with Gasteiger partial charge in [-0.3, -0.25) is 4.79 Å². The highest BCUT2D eigenvalue weighted by Crippen LogP contribution is 2.27. The molecule has 3 heterocycles. The predicted octanol–water partition coefficient (Wildman–Crippen LogP) is 1.12. The maximum Gasteiger partial charge on any atom is 0.348 e. The minimum atomic E-state index is -0.478. The van der Waals surface area contributed by atoms with Crippen molar-refractivity contribution in [1.82, 2.24) is 9.97 Å². The van der Waals surface area contributed by atoms with Gasteiger partial charge in [0.15, 0.2) is 17.8 Å². The number of ether oxygens (including phenoxy) is 1. The van der Waals surface area contributed by atoms with E-state index in [0.29, 0.717) is 33.0 Å². The van der Waals surface area contributed by atoms with Crippen LogP contribution in [0, 0.1) is 6.92 Å². The van der Waals surface area contributed by atoms with Crippen molar-refractivity contribution in [2.75, 3.05) is 7.11 Å². The van der Waals surface area contributed by atoms with Crippen LogP contribution in [-0.4, -0.2) is 28.2 Å². The zero-order valence-electron chi connectivity index (χ0n) is 12.5. The topological polar surface area (TPSA) is 96.2 Å². The Morgan fingerprint density at radius 2 is 2.30 bits per heavy atom. The summed E-state index contributed by atoms with van der Waals surface area (Å²) in [6.07, 6.45) is 3.28. The Labute approximate surface area is 134 Å². The number of nitrogens with one attached hydrogen (secondary N) is 1. The number of thiophene rings is 1. The van der Waals surface area contributed by atoms with E-state index in [1.54, 1.807) is 29.8 Å². The van der Waals surface area contributed by atoms with Crippen LogP contribution in [0.5, 0.6) is 5.75 Å². The van der Waals surface area contributed by atoms with Crippen molar-refractivity contribution in [2.45, 2.75) is 13.5 Å². The molecule has 0 bridgehead atoms. The van der Waals surface area contributed by atoms with Gasteiger partial charge in [-0.15, -0.1) is 11.3 Å². The molecule has 0 amide bonds. The first kappa shape index (κ1) is 15.2. The molecule has 0 saturated carbocycles. The number of aromatic nitrogens is 3. The van der Waals surface area contributed by atoms with Crippen LogP contribution in [0.1, 0.15) is 21.1 Å². The third-order valence-corrected chi connectivity index (χ3v) is 4.56. The van der Waals surface area contributed by atoms with Gasteiger partial charge in [-0.25, -0.2) is 9.78 Å². The third kappa shape index (κ3) is 2.80. The van der Waals surface area contributed by atoms with Gasteiger partial charge in [0.25, 0.3) is 5.56 Å². The van der Waals surface area contributed by atoms with Gasteiger partial charge in [0.05, 0.1) is 12.5 Å². The van der Waals surface area contributed by atoms with E-state index in [2.05, 4.69) is 9.97 Å². The monoisotopic (exact) mass is 332 g/mol. The Morgan fingerprint density at radius 1 is 1.52 bits per heavy atom. The number of esters is 1. The van der Waals surface area contributed by atoms with Crippen molar-refractivity contribution in [3.8, 4) is 5.75 Å². The average molecular weight is 332 g/mol. The summed E-state index contributed by atoms with van der Waals surface area (Å²) in [5, 5.41) is 9.89. The van der Waals surface area contributed by atoms with E-state index in [9.17, 15) is 14.7 Å². The van der Waals surface area contributed by atoms with Crippen molar-refractivity contribution >= 4 is 27.5 Å². The number of methoxy groups -OCH3 is 1. The van der Waals surface area contributed by atoms with Gasteiger partial charge in [-0.05, 0) is 18.6 Å². The summed E-state index contributed by atoms with van der Waals surface area (Å²) in [6, 6.07) is 3.25. The number of hydrogen-bond acceptors (Lipinski definition) is 6. The van der Waals surface area contributed by atoms with Crippen LogP contribution >= 0.6 is 11.3 Å². The highest BCUT2D eigenvalue weighted by Gasteiger charge is 2.20. The standard InChI is InChI=1S/C15H13N3O4S/c1-8-11-13(20)16-10(7-18-5-3-4-9(19)6-18)17-14(11)23-12(8)15(21)22-2/h3-6H,7H2,1-2H3,(H-,16,17,19,20,21)/p+1. The summed E-state index contributed by atoms with van der Waals surface area (Å²) in [5.74, 6) is 0.0837. The molecule has 7 nitrogen and oxygen atoms in total. The molecule has 0 unspecified atom stereocenters. The number of hydrogen-bond donors (Lipinski definition) is 2. The van der Waals surface area contributed by atoms with E-state index < -0.39 is 5.97 Å². The number of carbonyl (C=O) groups is 1. The van der Waals surface area contributed by atoms with Crippen LogP contribution in [0.2, 0.25) is 0 Å². The minimum absolute atomic E-state index is 0.121. The molecule has 0 saturated heterocycles. The summed E-state index contributed by atoms with van der Waals surface area (Å²) in [4.78, 5) is 32.0. The highest BCUT2D eigenvalue weighted by molar-refractivity contribution is 7.20. The number of aromatic hydroxyl groups is 1. The van der Waals surface area contributed by atoms with Gasteiger partial charge in [-0.2, -0.15) is 4.57 Å². The fraction of sp³-hybridized carbons (Fsp3) is 0.200. The Hall–Kier alpha value is -2.74. The normalized spacial score (nSPS) is 10.9. The zero-order valence-corrected chi connectivity index (χ0v) is 13.3. The maximum atomic E-state index is 12.3. The quantitative estimate of drug-likeness (QED) is 0.553. The second-order valence-electron chi connectivity index (χ2n) is 4.98. The van der Waals surface area contributed by atoms with Crippen LogP contribution in [0.4, 0.5) is 0 Å². The van der Waals surface area contributed by atoms with Crippen LogP contribution in [0.25, 0.3) is 10.2 Å². The van der Waals surface area contributed by atoms with Crippen LogP contribution in [-0.2, 0) is 11.3 Å². The molecule has 118 valence electrons. The molecule has 3 aromatic rings. The summed E-state index contributed by atoms with van der Waals surface area (Å²) < 4.78 is 6.42. The molecule has 3 aromatic heterocycles. The van der Waals surface area contributed by atoms with E-state index in [-0.39, 0.29) is 11.3 Å². The van der Waals surface area contributed by atoms with Gasteiger partial charge in [0, 0.05) is 6.07 Å². The number of fused-ring (bicyclic) bond motifs is 1. The molecule has 8 heteroatoms. The van der Waals surface area contributed by atoms with Gasteiger partial charge in [-0.1, -0.05) is 0 Å². The first-order valence-corrected chi connectivity index (χ1v) is 7.60. The van der Waals surface area contributed by atoms with E-state index in [1.807, 2.05) is 0 Å². The Morgan fingerprint density at radius 3 is 3.00 bits per heavy atom. The predicted molar refractivity (Wildman–Crippen MR) is 83.7 cm³/mol. The molecular weight excluding hydrogens is 318 g/mol. The van der Waals surface area contributed by atoms with Crippen molar-refractivity contribution < 1.29 is 19.2 Å². The van der Waals surface area contributed by atoms with E-state index >= 15 is 0 Å². The lowest BCUT2D eigenvalue weighted by atomic mass is 10.2. The highest BCUT2D eigenvalue weighted by atomic mass is 32.1. The third-order valence-electron chi connectivity index (χ3n) is 3.40. The molecule has 23 heavy (non-hydrogen) atoms. The van der Waals surface area contributed by atoms with E-state index in [1.165, 1.54) is 13.3 Å². The second-order valence-corrected chi connectivity index (χ2v) is 5.97. The minimum Gasteiger partial charge on any atom is -0.503 e.